The average molecular weight is 281 g/mol. The average Bonchev–Trinajstić information content (AvgIpc) is 2.83. The third-order valence-corrected chi connectivity index (χ3v) is 3.72. The normalized spacial score (nSPS) is 23.1. The van der Waals surface area contributed by atoms with Gasteiger partial charge >= 0.3 is 5.97 Å². The standard InChI is InChI=1S/C14H23N3O3/c1-9(2)7-13-16-12(17-20-13)8-15-11-5-3-10(4-6-11)14(18)19/h9-11,15H,3-8H2,1-2H3,(H,18,19). The van der Waals surface area contributed by atoms with E-state index in [4.69, 9.17) is 9.63 Å². The summed E-state index contributed by atoms with van der Waals surface area (Å²) in [6.07, 6.45) is 4.09. The number of aromatic nitrogens is 2. The Balaban J connectivity index is 1.73. The highest BCUT2D eigenvalue weighted by molar-refractivity contribution is 5.70. The summed E-state index contributed by atoms with van der Waals surface area (Å²) in [7, 11) is 0. The first-order valence-electron chi connectivity index (χ1n) is 7.32. The molecule has 1 fully saturated rings. The molecule has 0 atom stereocenters. The van der Waals surface area contributed by atoms with Gasteiger partial charge in [0.05, 0.1) is 12.5 Å². The lowest BCUT2D eigenvalue weighted by Gasteiger charge is -2.26. The predicted octanol–water partition coefficient (Wildman–Crippen LogP) is 2.00. The lowest BCUT2D eigenvalue weighted by molar-refractivity contribution is -0.142. The molecule has 2 rings (SSSR count). The minimum Gasteiger partial charge on any atom is -0.481 e. The van der Waals surface area contributed by atoms with Gasteiger partial charge in [0.1, 0.15) is 0 Å². The van der Waals surface area contributed by atoms with Gasteiger partial charge in [-0.2, -0.15) is 4.98 Å². The van der Waals surface area contributed by atoms with Crippen LogP contribution in [0.15, 0.2) is 4.52 Å². The van der Waals surface area contributed by atoms with E-state index in [1.807, 2.05) is 0 Å². The first-order valence-corrected chi connectivity index (χ1v) is 7.32. The minimum atomic E-state index is -0.667. The second-order valence-corrected chi connectivity index (χ2v) is 5.97. The SMILES string of the molecule is CC(C)Cc1nc(CNC2CCC(C(=O)O)CC2)no1. The minimum absolute atomic E-state index is 0.170. The maximum absolute atomic E-state index is 10.9. The lowest BCUT2D eigenvalue weighted by Crippen LogP contribution is -2.34. The third-order valence-electron chi connectivity index (χ3n) is 3.72. The first kappa shape index (κ1) is 15.0. The van der Waals surface area contributed by atoms with E-state index in [2.05, 4.69) is 29.3 Å². The van der Waals surface area contributed by atoms with Crippen LogP contribution in [0.2, 0.25) is 0 Å². The summed E-state index contributed by atoms with van der Waals surface area (Å²) in [5.74, 6) is 1.03. The first-order chi connectivity index (χ1) is 9.54. The van der Waals surface area contributed by atoms with E-state index in [0.717, 1.165) is 32.1 Å². The molecule has 0 saturated heterocycles. The molecule has 6 heteroatoms. The van der Waals surface area contributed by atoms with Gasteiger partial charge in [-0.1, -0.05) is 19.0 Å². The maximum atomic E-state index is 10.9. The molecule has 0 unspecified atom stereocenters. The summed E-state index contributed by atoms with van der Waals surface area (Å²) in [6, 6.07) is 0.359. The smallest absolute Gasteiger partial charge is 0.306 e. The second kappa shape index (κ2) is 6.83. The number of rotatable bonds is 6. The van der Waals surface area contributed by atoms with Gasteiger partial charge in [-0.15, -0.1) is 0 Å². The lowest BCUT2D eigenvalue weighted by atomic mass is 9.86. The molecule has 0 amide bonds. The zero-order valence-corrected chi connectivity index (χ0v) is 12.1. The third kappa shape index (κ3) is 4.30. The van der Waals surface area contributed by atoms with Crippen LogP contribution in [0.1, 0.15) is 51.2 Å². The Kier molecular flexibility index (Phi) is 5.11. The molecule has 6 nitrogen and oxygen atoms in total. The molecule has 1 heterocycles. The van der Waals surface area contributed by atoms with Gasteiger partial charge in [-0.3, -0.25) is 4.79 Å². The van der Waals surface area contributed by atoms with Crippen molar-refractivity contribution in [3.8, 4) is 0 Å². The molecule has 112 valence electrons. The summed E-state index contributed by atoms with van der Waals surface area (Å²) in [4.78, 5) is 15.2. The molecule has 0 spiro atoms. The largest absolute Gasteiger partial charge is 0.481 e. The molecule has 0 bridgehead atoms. The number of carboxylic acids is 1. The van der Waals surface area contributed by atoms with Crippen LogP contribution in [0.25, 0.3) is 0 Å². The van der Waals surface area contributed by atoms with Gasteiger partial charge in [-0.05, 0) is 31.6 Å². The monoisotopic (exact) mass is 281 g/mol. The fourth-order valence-electron chi connectivity index (χ4n) is 2.57. The van der Waals surface area contributed by atoms with E-state index >= 15 is 0 Å². The Morgan fingerprint density at radius 1 is 1.40 bits per heavy atom. The van der Waals surface area contributed by atoms with E-state index in [0.29, 0.717) is 30.2 Å². The number of carbonyl (C=O) groups is 1. The Hall–Kier alpha value is -1.43. The summed E-state index contributed by atoms with van der Waals surface area (Å²) in [6.45, 7) is 4.82. The molecular weight excluding hydrogens is 258 g/mol. The molecule has 1 aliphatic rings. The molecule has 2 N–H and O–H groups in total. The van der Waals surface area contributed by atoms with Crippen LogP contribution < -0.4 is 5.32 Å². The van der Waals surface area contributed by atoms with Gasteiger partial charge in [0.2, 0.25) is 5.89 Å². The number of nitrogens with one attached hydrogen (secondary N) is 1. The number of aliphatic carboxylic acids is 1. The van der Waals surface area contributed by atoms with E-state index < -0.39 is 5.97 Å². The van der Waals surface area contributed by atoms with Crippen LogP contribution in [-0.4, -0.2) is 27.3 Å². The van der Waals surface area contributed by atoms with Crippen molar-refractivity contribution >= 4 is 5.97 Å². The van der Waals surface area contributed by atoms with Crippen LogP contribution in [0.4, 0.5) is 0 Å². The number of nitrogens with zero attached hydrogens (tertiary/aromatic N) is 2. The molecule has 1 aliphatic carbocycles. The van der Waals surface area contributed by atoms with Gasteiger partial charge in [-0.25, -0.2) is 0 Å². The van der Waals surface area contributed by atoms with Crippen LogP contribution in [0, 0.1) is 11.8 Å². The fraction of sp³-hybridized carbons (Fsp3) is 0.786. The van der Waals surface area contributed by atoms with Crippen molar-refractivity contribution in [3.63, 3.8) is 0 Å². The van der Waals surface area contributed by atoms with Crippen LogP contribution in [0.3, 0.4) is 0 Å². The predicted molar refractivity (Wildman–Crippen MR) is 73.1 cm³/mol. The highest BCUT2D eigenvalue weighted by atomic mass is 16.5. The molecule has 20 heavy (non-hydrogen) atoms. The molecule has 1 saturated carbocycles. The van der Waals surface area contributed by atoms with E-state index in [1.54, 1.807) is 0 Å². The van der Waals surface area contributed by atoms with E-state index in [1.165, 1.54) is 0 Å². The van der Waals surface area contributed by atoms with Gasteiger partial charge in [0.15, 0.2) is 5.82 Å². The molecule has 1 aromatic heterocycles. The van der Waals surface area contributed by atoms with Crippen LogP contribution in [0.5, 0.6) is 0 Å². The van der Waals surface area contributed by atoms with Crippen molar-refractivity contribution < 1.29 is 14.4 Å². The highest BCUT2D eigenvalue weighted by Crippen LogP contribution is 2.24. The van der Waals surface area contributed by atoms with Crippen molar-refractivity contribution in [1.29, 1.82) is 0 Å². The summed E-state index contributed by atoms with van der Waals surface area (Å²) in [5, 5.41) is 16.3. The van der Waals surface area contributed by atoms with Crippen molar-refractivity contribution in [1.82, 2.24) is 15.5 Å². The Labute approximate surface area is 118 Å². The number of hydrogen-bond donors (Lipinski definition) is 2. The van der Waals surface area contributed by atoms with Gasteiger partial charge in [0, 0.05) is 12.5 Å². The Morgan fingerprint density at radius 3 is 2.70 bits per heavy atom. The molecule has 0 aliphatic heterocycles. The molecule has 0 aromatic carbocycles. The summed E-state index contributed by atoms with van der Waals surface area (Å²) in [5.41, 5.74) is 0. The van der Waals surface area contributed by atoms with Crippen LogP contribution in [-0.2, 0) is 17.8 Å². The number of hydrogen-bond acceptors (Lipinski definition) is 5. The van der Waals surface area contributed by atoms with Crippen molar-refractivity contribution in [2.24, 2.45) is 11.8 Å². The zero-order chi connectivity index (χ0) is 14.5. The Morgan fingerprint density at radius 2 is 2.10 bits per heavy atom. The molecular formula is C14H23N3O3. The van der Waals surface area contributed by atoms with E-state index in [-0.39, 0.29) is 5.92 Å². The fourth-order valence-corrected chi connectivity index (χ4v) is 2.57. The van der Waals surface area contributed by atoms with E-state index in [9.17, 15) is 4.79 Å². The second-order valence-electron chi connectivity index (χ2n) is 5.97. The molecule has 1 aromatic rings. The van der Waals surface area contributed by atoms with Crippen molar-refractivity contribution in [2.45, 2.75) is 58.5 Å². The van der Waals surface area contributed by atoms with Crippen molar-refractivity contribution in [2.75, 3.05) is 0 Å². The summed E-state index contributed by atoms with van der Waals surface area (Å²) < 4.78 is 5.19. The van der Waals surface area contributed by atoms with Gasteiger partial charge < -0.3 is 14.9 Å². The quantitative estimate of drug-likeness (QED) is 0.829. The van der Waals surface area contributed by atoms with Crippen LogP contribution >= 0.6 is 0 Å². The van der Waals surface area contributed by atoms with Crippen molar-refractivity contribution in [3.05, 3.63) is 11.7 Å². The van der Waals surface area contributed by atoms with Gasteiger partial charge in [0.25, 0.3) is 0 Å². The molecule has 0 radical (unpaired) electrons. The number of carboxylic acid groups (broad SMARTS) is 1. The topological polar surface area (TPSA) is 88.2 Å². The zero-order valence-electron chi connectivity index (χ0n) is 12.1. The maximum Gasteiger partial charge on any atom is 0.306 e. The Bertz CT molecular complexity index is 437. The highest BCUT2D eigenvalue weighted by Gasteiger charge is 2.25. The summed E-state index contributed by atoms with van der Waals surface area (Å²) >= 11 is 0.